The Balaban J connectivity index is 1.86. The molecule has 2 aromatic rings. The monoisotopic (exact) mass is 466 g/mol. The van der Waals surface area contributed by atoms with Gasteiger partial charge in [0.2, 0.25) is 0 Å². The van der Waals surface area contributed by atoms with E-state index in [1.165, 1.54) is 12.4 Å². The van der Waals surface area contributed by atoms with Gasteiger partial charge >= 0.3 is 6.18 Å². The lowest BCUT2D eigenvalue weighted by molar-refractivity contribution is -0.172. The number of nitrogens with one attached hydrogen (secondary N) is 2. The highest BCUT2D eigenvalue weighted by Gasteiger charge is 2.48. The number of hydrogen-bond acceptors (Lipinski definition) is 3. The first-order valence-corrected chi connectivity index (χ1v) is 8.94. The number of aromatic amines is 1. The van der Waals surface area contributed by atoms with Crippen LogP contribution in [0, 0.1) is 11.8 Å². The average Bonchev–Trinajstić information content (AvgIpc) is 3.00. The number of amides is 1. The molecule has 1 fully saturated rings. The van der Waals surface area contributed by atoms with Gasteiger partial charge in [0.25, 0.3) is 5.91 Å². The van der Waals surface area contributed by atoms with Crippen molar-refractivity contribution in [1.29, 1.82) is 0 Å². The van der Waals surface area contributed by atoms with Gasteiger partial charge in [-0.3, -0.25) is 4.79 Å². The second-order valence-corrected chi connectivity index (χ2v) is 7.76. The number of benzene rings is 1. The number of carbonyl (C=O) groups is 1. The van der Waals surface area contributed by atoms with Gasteiger partial charge in [0.1, 0.15) is 11.6 Å². The predicted molar refractivity (Wildman–Crippen MR) is 96.3 cm³/mol. The fourth-order valence-electron chi connectivity index (χ4n) is 3.41. The number of piperidine rings is 1. The zero-order chi connectivity index (χ0) is 18.2. The summed E-state index contributed by atoms with van der Waals surface area (Å²) in [5.74, 6) is -1.56. The molecule has 1 saturated heterocycles. The molecular weight excluding hydrogens is 448 g/mol. The molecule has 1 amide bonds. The van der Waals surface area contributed by atoms with Gasteiger partial charge in [-0.05, 0) is 30.4 Å². The normalized spacial score (nSPS) is 23.6. The van der Waals surface area contributed by atoms with Crippen molar-refractivity contribution >= 4 is 39.8 Å². The number of nitrogens with zero attached hydrogens (tertiary/aromatic N) is 2. The van der Waals surface area contributed by atoms with E-state index in [1.807, 2.05) is 3.11 Å². The Bertz CT molecular complexity index is 763. The molecule has 0 spiro atoms. The van der Waals surface area contributed by atoms with E-state index in [-0.39, 0.29) is 11.5 Å². The molecule has 25 heavy (non-hydrogen) atoms. The maximum atomic E-state index is 13.7. The van der Waals surface area contributed by atoms with Gasteiger partial charge in [0, 0.05) is 36.0 Å². The standard InChI is InChI=1S/C16H18F3IN4O/c1-9-7-24(20)6-5-10(9)14(16(17,18)19)23-15(25)11-3-2-4-12-13(11)22-8-21-12/h2-4,8-10,14H,5-7H2,1H3,(H,21,22)(H,23,25)/t9-,10+,14?/m1/s1. The van der Waals surface area contributed by atoms with Crippen LogP contribution in [0.3, 0.4) is 0 Å². The Morgan fingerprint density at radius 1 is 1.48 bits per heavy atom. The van der Waals surface area contributed by atoms with E-state index >= 15 is 0 Å². The Morgan fingerprint density at radius 3 is 2.92 bits per heavy atom. The zero-order valence-corrected chi connectivity index (χ0v) is 15.6. The molecule has 1 aliphatic heterocycles. The van der Waals surface area contributed by atoms with Crippen molar-refractivity contribution in [3.63, 3.8) is 0 Å². The molecule has 0 saturated carbocycles. The number of imidazole rings is 1. The van der Waals surface area contributed by atoms with Crippen LogP contribution >= 0.6 is 22.9 Å². The molecule has 0 bridgehead atoms. The summed E-state index contributed by atoms with van der Waals surface area (Å²) >= 11 is 2.12. The van der Waals surface area contributed by atoms with Crippen molar-refractivity contribution in [2.24, 2.45) is 11.8 Å². The maximum Gasteiger partial charge on any atom is 0.408 e. The lowest BCUT2D eigenvalue weighted by atomic mass is 9.81. The van der Waals surface area contributed by atoms with E-state index in [0.717, 1.165) is 0 Å². The molecular formula is C16H18F3IN4O. The molecule has 3 atom stereocenters. The quantitative estimate of drug-likeness (QED) is 0.538. The van der Waals surface area contributed by atoms with E-state index in [1.54, 1.807) is 19.1 Å². The molecule has 9 heteroatoms. The number of aromatic nitrogens is 2. The topological polar surface area (TPSA) is 61.0 Å². The fourth-order valence-corrected chi connectivity index (χ4v) is 4.31. The minimum atomic E-state index is -4.50. The van der Waals surface area contributed by atoms with Crippen LogP contribution in [-0.4, -0.2) is 44.3 Å². The van der Waals surface area contributed by atoms with Crippen molar-refractivity contribution in [2.75, 3.05) is 13.1 Å². The van der Waals surface area contributed by atoms with E-state index in [0.29, 0.717) is 30.5 Å². The lowest BCUT2D eigenvalue weighted by Gasteiger charge is -2.39. The molecule has 2 heterocycles. The summed E-state index contributed by atoms with van der Waals surface area (Å²) in [4.78, 5) is 19.4. The van der Waals surface area contributed by atoms with Gasteiger partial charge in [0.15, 0.2) is 0 Å². The average molecular weight is 466 g/mol. The smallest absolute Gasteiger partial charge is 0.345 e. The number of hydrogen-bond donors (Lipinski definition) is 2. The van der Waals surface area contributed by atoms with Crippen molar-refractivity contribution in [3.05, 3.63) is 30.1 Å². The summed E-state index contributed by atoms with van der Waals surface area (Å²) in [6, 6.07) is 2.96. The third-order valence-corrected chi connectivity index (χ3v) is 5.56. The molecule has 5 nitrogen and oxygen atoms in total. The molecule has 3 rings (SSSR count). The number of halogens is 4. The highest BCUT2D eigenvalue weighted by Crippen LogP contribution is 2.36. The Labute approximate surface area is 156 Å². The largest absolute Gasteiger partial charge is 0.408 e. The summed E-state index contributed by atoms with van der Waals surface area (Å²) < 4.78 is 42.9. The van der Waals surface area contributed by atoms with Crippen LogP contribution in [0.4, 0.5) is 13.2 Å². The molecule has 0 aliphatic carbocycles. The van der Waals surface area contributed by atoms with Crippen LogP contribution in [0.15, 0.2) is 24.5 Å². The SMILES string of the molecule is C[C@@H]1CN(I)CC[C@@H]1C(NC(=O)c1cccc2[nH]cnc12)C(F)(F)F. The van der Waals surface area contributed by atoms with Crippen molar-refractivity contribution in [3.8, 4) is 0 Å². The maximum absolute atomic E-state index is 13.7. The number of H-pyrrole nitrogens is 1. The van der Waals surface area contributed by atoms with Gasteiger partial charge < -0.3 is 10.3 Å². The molecule has 2 N–H and O–H groups in total. The second kappa shape index (κ2) is 7.10. The number of fused-ring (bicyclic) bond motifs is 1. The van der Waals surface area contributed by atoms with Crippen molar-refractivity contribution in [1.82, 2.24) is 18.4 Å². The molecule has 1 unspecified atom stereocenters. The van der Waals surface area contributed by atoms with Gasteiger partial charge in [0.05, 0.1) is 17.4 Å². The van der Waals surface area contributed by atoms with Crippen LogP contribution in [0.1, 0.15) is 23.7 Å². The van der Waals surface area contributed by atoms with Gasteiger partial charge in [-0.15, -0.1) is 0 Å². The minimum absolute atomic E-state index is 0.145. The van der Waals surface area contributed by atoms with Crippen LogP contribution in [0.5, 0.6) is 0 Å². The Hall–Kier alpha value is -1.36. The minimum Gasteiger partial charge on any atom is -0.345 e. The first kappa shape index (κ1) is 18.4. The molecule has 1 aromatic carbocycles. The number of para-hydroxylation sites is 1. The third-order valence-electron chi connectivity index (χ3n) is 4.68. The Kier molecular flexibility index (Phi) is 5.24. The van der Waals surface area contributed by atoms with Gasteiger partial charge in [-0.25, -0.2) is 8.10 Å². The predicted octanol–water partition coefficient (Wildman–Crippen LogP) is 3.53. The third kappa shape index (κ3) is 3.91. The highest BCUT2D eigenvalue weighted by molar-refractivity contribution is 14.1. The lowest BCUT2D eigenvalue weighted by Crippen LogP contribution is -2.54. The van der Waals surface area contributed by atoms with E-state index in [4.69, 9.17) is 0 Å². The van der Waals surface area contributed by atoms with Crippen LogP contribution in [0.2, 0.25) is 0 Å². The summed E-state index contributed by atoms with van der Waals surface area (Å²) in [5.41, 5.74) is 1.13. The summed E-state index contributed by atoms with van der Waals surface area (Å²) in [5, 5.41) is 2.23. The molecule has 136 valence electrons. The number of alkyl halides is 3. The fraction of sp³-hybridized carbons (Fsp3) is 0.500. The van der Waals surface area contributed by atoms with Crippen LogP contribution in [-0.2, 0) is 0 Å². The Morgan fingerprint density at radius 2 is 2.24 bits per heavy atom. The number of carbonyl (C=O) groups excluding carboxylic acids is 1. The molecule has 1 aromatic heterocycles. The van der Waals surface area contributed by atoms with E-state index in [2.05, 4.69) is 38.1 Å². The van der Waals surface area contributed by atoms with Gasteiger partial charge in [-0.1, -0.05) is 13.0 Å². The summed E-state index contributed by atoms with van der Waals surface area (Å²) in [7, 11) is 0. The molecule has 0 radical (unpaired) electrons. The first-order chi connectivity index (χ1) is 11.8. The van der Waals surface area contributed by atoms with Crippen molar-refractivity contribution in [2.45, 2.75) is 25.6 Å². The summed E-state index contributed by atoms with van der Waals surface area (Å²) in [6.07, 6.45) is -2.69. The second-order valence-electron chi connectivity index (χ2n) is 6.40. The summed E-state index contributed by atoms with van der Waals surface area (Å²) in [6.45, 7) is 2.95. The van der Waals surface area contributed by atoms with Crippen LogP contribution < -0.4 is 5.32 Å². The highest BCUT2D eigenvalue weighted by atomic mass is 127. The first-order valence-electron chi connectivity index (χ1n) is 7.97. The zero-order valence-electron chi connectivity index (χ0n) is 13.5. The molecule has 1 aliphatic rings. The van der Waals surface area contributed by atoms with E-state index < -0.39 is 24.0 Å². The van der Waals surface area contributed by atoms with Gasteiger partial charge in [-0.2, -0.15) is 13.2 Å². The number of rotatable bonds is 3. The van der Waals surface area contributed by atoms with E-state index in [9.17, 15) is 18.0 Å². The van der Waals surface area contributed by atoms with Crippen LogP contribution in [0.25, 0.3) is 11.0 Å². The van der Waals surface area contributed by atoms with Crippen molar-refractivity contribution < 1.29 is 18.0 Å².